The minimum absolute atomic E-state index is 0.171. The van der Waals surface area contributed by atoms with Gasteiger partial charge in [0.1, 0.15) is 0 Å². The van der Waals surface area contributed by atoms with Crippen LogP contribution >= 0.6 is 0 Å². The van der Waals surface area contributed by atoms with Gasteiger partial charge in [-0.25, -0.2) is 0 Å². The van der Waals surface area contributed by atoms with Crippen LogP contribution in [0.4, 0.5) is 0 Å². The van der Waals surface area contributed by atoms with Gasteiger partial charge in [-0.15, -0.1) is 0 Å². The summed E-state index contributed by atoms with van der Waals surface area (Å²) in [6, 6.07) is 6.57. The van der Waals surface area contributed by atoms with Crippen LogP contribution in [0.25, 0.3) is 0 Å². The molecule has 0 heterocycles. The second kappa shape index (κ2) is 6.23. The highest BCUT2D eigenvalue weighted by atomic mass is 16.1. The van der Waals surface area contributed by atoms with Gasteiger partial charge in [0.25, 0.3) is 0 Å². The van der Waals surface area contributed by atoms with Crippen molar-refractivity contribution in [2.24, 2.45) is 11.7 Å². The Kier molecular flexibility index (Phi) is 4.62. The van der Waals surface area contributed by atoms with Gasteiger partial charge in [-0.2, -0.15) is 0 Å². The molecule has 0 aliphatic heterocycles. The lowest BCUT2D eigenvalue weighted by molar-refractivity contribution is -0.118. The van der Waals surface area contributed by atoms with E-state index in [1.165, 1.54) is 48.8 Å². The van der Waals surface area contributed by atoms with Gasteiger partial charge in [0.05, 0.1) is 0 Å². The Morgan fingerprint density at radius 1 is 1.26 bits per heavy atom. The minimum Gasteiger partial charge on any atom is -0.370 e. The van der Waals surface area contributed by atoms with E-state index in [2.05, 4.69) is 32.0 Å². The van der Waals surface area contributed by atoms with E-state index in [9.17, 15) is 4.79 Å². The maximum atomic E-state index is 11.4. The third kappa shape index (κ3) is 3.59. The summed E-state index contributed by atoms with van der Waals surface area (Å²) in [5.74, 6) is 0.775. The first-order valence-corrected chi connectivity index (χ1v) is 7.43. The van der Waals surface area contributed by atoms with E-state index >= 15 is 0 Å². The molecule has 0 spiro atoms. The fourth-order valence-electron chi connectivity index (χ4n) is 3.53. The van der Waals surface area contributed by atoms with Gasteiger partial charge in [-0.3, -0.25) is 4.79 Å². The lowest BCUT2D eigenvalue weighted by Gasteiger charge is -2.31. The molecule has 1 aromatic carbocycles. The summed E-state index contributed by atoms with van der Waals surface area (Å²) < 4.78 is 0. The topological polar surface area (TPSA) is 43.1 Å². The molecule has 2 rings (SSSR count). The summed E-state index contributed by atoms with van der Waals surface area (Å²) >= 11 is 0. The highest BCUT2D eigenvalue weighted by molar-refractivity contribution is 5.75. The summed E-state index contributed by atoms with van der Waals surface area (Å²) in [5, 5.41) is 0. The molecule has 1 fully saturated rings. The normalized spacial score (nSPS) is 18.2. The third-order valence-electron chi connectivity index (χ3n) is 4.46. The second-order valence-electron chi connectivity index (χ2n) is 6.04. The van der Waals surface area contributed by atoms with Crippen molar-refractivity contribution in [3.8, 4) is 0 Å². The van der Waals surface area contributed by atoms with Crippen molar-refractivity contribution in [1.29, 1.82) is 0 Å². The molecule has 0 saturated heterocycles. The zero-order valence-electron chi connectivity index (χ0n) is 12.1. The monoisotopic (exact) mass is 259 g/mol. The summed E-state index contributed by atoms with van der Waals surface area (Å²) in [7, 11) is 0. The van der Waals surface area contributed by atoms with Crippen LogP contribution in [0.2, 0.25) is 0 Å². The fraction of sp³-hybridized carbons (Fsp3) is 0.588. The molecule has 104 valence electrons. The van der Waals surface area contributed by atoms with E-state index in [1.807, 2.05) is 0 Å². The smallest absolute Gasteiger partial charge is 0.218 e. The average molecular weight is 259 g/mol. The molecule has 1 unspecified atom stereocenters. The number of hydrogen-bond acceptors (Lipinski definition) is 1. The molecular weight excluding hydrogens is 234 g/mol. The number of rotatable bonds is 4. The molecule has 1 aliphatic carbocycles. The molecule has 0 aromatic heterocycles. The lowest BCUT2D eigenvalue weighted by atomic mass is 9.74. The van der Waals surface area contributed by atoms with E-state index in [0.717, 1.165) is 0 Å². The SMILES string of the molecule is Cc1ccc(C(CC(N)=O)C2CCCCC2)c(C)c1. The van der Waals surface area contributed by atoms with Gasteiger partial charge >= 0.3 is 0 Å². The van der Waals surface area contributed by atoms with Crippen LogP contribution in [0, 0.1) is 19.8 Å². The number of carbonyl (C=O) groups excluding carboxylic acids is 1. The van der Waals surface area contributed by atoms with Crippen molar-refractivity contribution in [2.45, 2.75) is 58.3 Å². The summed E-state index contributed by atoms with van der Waals surface area (Å²) in [6.45, 7) is 4.26. The van der Waals surface area contributed by atoms with Crippen molar-refractivity contribution in [2.75, 3.05) is 0 Å². The highest BCUT2D eigenvalue weighted by Gasteiger charge is 2.27. The average Bonchev–Trinajstić information content (AvgIpc) is 2.37. The Bertz CT molecular complexity index is 447. The largest absolute Gasteiger partial charge is 0.370 e. The quantitative estimate of drug-likeness (QED) is 0.877. The van der Waals surface area contributed by atoms with Crippen LogP contribution in [0.5, 0.6) is 0 Å². The van der Waals surface area contributed by atoms with Crippen molar-refractivity contribution < 1.29 is 4.79 Å². The number of amides is 1. The predicted octanol–water partition coefficient (Wildman–Crippen LogP) is 3.84. The van der Waals surface area contributed by atoms with Crippen LogP contribution in [-0.2, 0) is 4.79 Å². The zero-order valence-corrected chi connectivity index (χ0v) is 12.1. The summed E-state index contributed by atoms with van der Waals surface area (Å²) in [4.78, 5) is 11.4. The van der Waals surface area contributed by atoms with Crippen molar-refractivity contribution in [3.63, 3.8) is 0 Å². The number of carbonyl (C=O) groups is 1. The molecule has 1 atom stereocenters. The predicted molar refractivity (Wildman–Crippen MR) is 79.0 cm³/mol. The number of nitrogens with two attached hydrogens (primary N) is 1. The lowest BCUT2D eigenvalue weighted by Crippen LogP contribution is -2.23. The molecule has 2 N–H and O–H groups in total. The van der Waals surface area contributed by atoms with Gasteiger partial charge < -0.3 is 5.73 Å². The van der Waals surface area contributed by atoms with Gasteiger partial charge in [0, 0.05) is 6.42 Å². The van der Waals surface area contributed by atoms with Crippen LogP contribution in [-0.4, -0.2) is 5.91 Å². The van der Waals surface area contributed by atoms with Gasteiger partial charge in [-0.1, -0.05) is 43.0 Å². The molecule has 0 bridgehead atoms. The Morgan fingerprint density at radius 2 is 1.95 bits per heavy atom. The van der Waals surface area contributed by atoms with Crippen LogP contribution in [0.15, 0.2) is 18.2 Å². The number of aryl methyl sites for hydroxylation is 2. The van der Waals surface area contributed by atoms with E-state index in [-0.39, 0.29) is 5.91 Å². The second-order valence-corrected chi connectivity index (χ2v) is 6.04. The Labute approximate surface area is 116 Å². The van der Waals surface area contributed by atoms with Crippen molar-refractivity contribution >= 4 is 5.91 Å². The molecule has 1 amide bonds. The first kappa shape index (κ1) is 14.1. The van der Waals surface area contributed by atoms with E-state index in [0.29, 0.717) is 18.3 Å². The van der Waals surface area contributed by atoms with Crippen LogP contribution in [0.3, 0.4) is 0 Å². The highest BCUT2D eigenvalue weighted by Crippen LogP contribution is 2.39. The van der Waals surface area contributed by atoms with E-state index < -0.39 is 0 Å². The molecule has 1 aromatic rings. The van der Waals surface area contributed by atoms with Crippen molar-refractivity contribution in [1.82, 2.24) is 0 Å². The Balaban J connectivity index is 2.27. The van der Waals surface area contributed by atoms with Gasteiger partial charge in [0.15, 0.2) is 0 Å². The maximum Gasteiger partial charge on any atom is 0.218 e. The number of benzene rings is 1. The Hall–Kier alpha value is -1.31. The standard InChI is InChI=1S/C17H25NO/c1-12-8-9-15(13(2)10-12)16(11-17(18)19)14-6-4-3-5-7-14/h8-10,14,16H,3-7,11H2,1-2H3,(H2,18,19). The number of primary amides is 1. The van der Waals surface area contributed by atoms with Gasteiger partial charge in [-0.05, 0) is 49.7 Å². The van der Waals surface area contributed by atoms with Crippen LogP contribution < -0.4 is 5.73 Å². The van der Waals surface area contributed by atoms with E-state index in [1.54, 1.807) is 0 Å². The molecule has 1 aliphatic rings. The van der Waals surface area contributed by atoms with Gasteiger partial charge in [0.2, 0.25) is 5.91 Å². The fourth-order valence-corrected chi connectivity index (χ4v) is 3.53. The first-order chi connectivity index (χ1) is 9.08. The third-order valence-corrected chi connectivity index (χ3v) is 4.46. The minimum atomic E-state index is -0.171. The molecule has 0 radical (unpaired) electrons. The first-order valence-electron chi connectivity index (χ1n) is 7.43. The summed E-state index contributed by atoms with van der Waals surface area (Å²) in [5.41, 5.74) is 9.39. The molecular formula is C17H25NO. The number of hydrogen-bond donors (Lipinski definition) is 1. The molecule has 2 nitrogen and oxygen atoms in total. The van der Waals surface area contributed by atoms with E-state index in [4.69, 9.17) is 5.73 Å². The molecule has 1 saturated carbocycles. The van der Waals surface area contributed by atoms with Crippen LogP contribution in [0.1, 0.15) is 61.1 Å². The molecule has 19 heavy (non-hydrogen) atoms. The van der Waals surface area contributed by atoms with Crippen molar-refractivity contribution in [3.05, 3.63) is 34.9 Å². The zero-order chi connectivity index (χ0) is 13.8. The maximum absolute atomic E-state index is 11.4. The summed E-state index contributed by atoms with van der Waals surface area (Å²) in [6.07, 6.45) is 6.91. The Morgan fingerprint density at radius 3 is 2.53 bits per heavy atom. The molecule has 2 heteroatoms.